The second kappa shape index (κ2) is 6.74. The van der Waals surface area contributed by atoms with Crippen LogP contribution in [0.1, 0.15) is 38.8 Å². The lowest BCUT2D eigenvalue weighted by Gasteiger charge is -2.31. The molecule has 0 spiro atoms. The molecule has 1 saturated heterocycles. The van der Waals surface area contributed by atoms with Gasteiger partial charge in [0.2, 0.25) is 11.8 Å². The van der Waals surface area contributed by atoms with Gasteiger partial charge in [0.1, 0.15) is 0 Å². The summed E-state index contributed by atoms with van der Waals surface area (Å²) in [6.07, 6.45) is 2.06. The third kappa shape index (κ3) is 4.58. The molecule has 0 bridgehead atoms. The van der Waals surface area contributed by atoms with Gasteiger partial charge in [0.15, 0.2) is 0 Å². The lowest BCUT2D eigenvalue weighted by atomic mass is 9.94. The molecule has 2 rings (SSSR count). The van der Waals surface area contributed by atoms with E-state index in [-0.39, 0.29) is 18.4 Å². The second-order valence-corrected chi connectivity index (χ2v) is 5.84. The van der Waals surface area contributed by atoms with Gasteiger partial charge in [-0.25, -0.2) is 4.98 Å². The minimum atomic E-state index is -0.715. The molecule has 6 nitrogen and oxygen atoms in total. The van der Waals surface area contributed by atoms with Gasteiger partial charge in [0.05, 0.1) is 6.10 Å². The van der Waals surface area contributed by atoms with E-state index in [1.165, 1.54) is 0 Å². The highest BCUT2D eigenvalue weighted by molar-refractivity contribution is 5.67. The van der Waals surface area contributed by atoms with E-state index in [0.29, 0.717) is 11.8 Å². The summed E-state index contributed by atoms with van der Waals surface area (Å²) in [6.45, 7) is 7.45. The Morgan fingerprint density at radius 2 is 2.10 bits per heavy atom. The molecule has 0 aliphatic carbocycles. The van der Waals surface area contributed by atoms with Crippen LogP contribution in [0.15, 0.2) is 6.07 Å². The summed E-state index contributed by atoms with van der Waals surface area (Å²) >= 11 is 0. The van der Waals surface area contributed by atoms with Crippen molar-refractivity contribution in [2.24, 2.45) is 5.92 Å². The average molecular weight is 293 g/mol. The number of carboxylic acid groups (broad SMARTS) is 1. The highest BCUT2D eigenvalue weighted by atomic mass is 16.5. The van der Waals surface area contributed by atoms with Crippen molar-refractivity contribution in [3.05, 3.63) is 11.8 Å². The van der Waals surface area contributed by atoms with Crippen molar-refractivity contribution in [3.63, 3.8) is 0 Å². The summed E-state index contributed by atoms with van der Waals surface area (Å²) in [4.78, 5) is 21.8. The van der Waals surface area contributed by atoms with Gasteiger partial charge < -0.3 is 14.7 Å². The van der Waals surface area contributed by atoms with Gasteiger partial charge in [-0.1, -0.05) is 0 Å². The molecule has 0 saturated carbocycles. The maximum absolute atomic E-state index is 10.8. The highest BCUT2D eigenvalue weighted by Crippen LogP contribution is 2.24. The summed E-state index contributed by atoms with van der Waals surface area (Å²) < 4.78 is 5.64. The molecule has 0 amide bonds. The lowest BCUT2D eigenvalue weighted by Crippen LogP contribution is -2.35. The first-order chi connectivity index (χ1) is 9.94. The summed E-state index contributed by atoms with van der Waals surface area (Å²) in [5, 5.41) is 8.85. The Hall–Kier alpha value is -1.85. The van der Waals surface area contributed by atoms with Crippen molar-refractivity contribution in [2.45, 2.75) is 46.1 Å². The first-order valence-electron chi connectivity index (χ1n) is 7.43. The number of anilines is 1. The molecule has 116 valence electrons. The molecule has 0 atom stereocenters. The Bertz CT molecular complexity index is 497. The number of hydrogen-bond donors (Lipinski definition) is 1. The smallest absolute Gasteiger partial charge is 0.303 e. The van der Waals surface area contributed by atoms with Crippen LogP contribution in [0.4, 0.5) is 5.95 Å². The quantitative estimate of drug-likeness (QED) is 0.897. The molecule has 0 radical (unpaired) electrons. The Morgan fingerprint density at radius 3 is 2.67 bits per heavy atom. The third-order valence-electron chi connectivity index (χ3n) is 3.54. The van der Waals surface area contributed by atoms with E-state index in [4.69, 9.17) is 9.84 Å². The average Bonchev–Trinajstić information content (AvgIpc) is 2.37. The van der Waals surface area contributed by atoms with Crippen LogP contribution in [0.2, 0.25) is 0 Å². The van der Waals surface area contributed by atoms with Gasteiger partial charge in [0.25, 0.3) is 0 Å². The van der Waals surface area contributed by atoms with Gasteiger partial charge in [-0.3, -0.25) is 4.79 Å². The summed E-state index contributed by atoms with van der Waals surface area (Å²) in [5.41, 5.74) is 0.878. The Kier molecular flexibility index (Phi) is 4.98. The molecule has 1 aliphatic heterocycles. The molecule has 1 aromatic heterocycles. The summed E-state index contributed by atoms with van der Waals surface area (Å²) in [5.74, 6) is 0.822. The molecule has 1 N–H and O–H groups in total. The van der Waals surface area contributed by atoms with Crippen LogP contribution in [-0.4, -0.2) is 40.2 Å². The SMILES string of the molecule is Cc1cc(OC(C)C)nc(N2CCC(CC(=O)O)CC2)n1. The molecular weight excluding hydrogens is 270 g/mol. The Balaban J connectivity index is 2.02. The van der Waals surface area contributed by atoms with Gasteiger partial charge in [-0.15, -0.1) is 0 Å². The Morgan fingerprint density at radius 1 is 1.43 bits per heavy atom. The number of carbonyl (C=O) groups is 1. The number of nitrogens with zero attached hydrogens (tertiary/aromatic N) is 3. The van der Waals surface area contributed by atoms with Gasteiger partial charge in [0, 0.05) is 31.3 Å². The van der Waals surface area contributed by atoms with Crippen LogP contribution in [-0.2, 0) is 4.79 Å². The molecule has 0 aromatic carbocycles. The van der Waals surface area contributed by atoms with E-state index in [9.17, 15) is 4.79 Å². The first-order valence-corrected chi connectivity index (χ1v) is 7.43. The number of rotatable bonds is 5. The van der Waals surface area contributed by atoms with Crippen LogP contribution in [0, 0.1) is 12.8 Å². The largest absolute Gasteiger partial charge is 0.481 e. The number of aliphatic carboxylic acids is 1. The zero-order valence-corrected chi connectivity index (χ0v) is 12.9. The Labute approximate surface area is 125 Å². The predicted molar refractivity (Wildman–Crippen MR) is 79.7 cm³/mol. The molecule has 6 heteroatoms. The van der Waals surface area contributed by atoms with E-state index >= 15 is 0 Å². The normalized spacial score (nSPS) is 16.3. The van der Waals surface area contributed by atoms with Crippen molar-refractivity contribution >= 4 is 11.9 Å². The molecule has 21 heavy (non-hydrogen) atoms. The number of ether oxygens (including phenoxy) is 1. The van der Waals surface area contributed by atoms with E-state index in [2.05, 4.69) is 14.9 Å². The molecule has 1 aromatic rings. The van der Waals surface area contributed by atoms with Gasteiger partial charge in [-0.2, -0.15) is 4.98 Å². The summed E-state index contributed by atoms with van der Waals surface area (Å²) in [7, 11) is 0. The second-order valence-electron chi connectivity index (χ2n) is 5.84. The monoisotopic (exact) mass is 293 g/mol. The van der Waals surface area contributed by atoms with Crippen LogP contribution in [0.5, 0.6) is 5.88 Å². The molecule has 2 heterocycles. The van der Waals surface area contributed by atoms with Crippen molar-refractivity contribution in [1.29, 1.82) is 0 Å². The number of aromatic nitrogens is 2. The van der Waals surface area contributed by atoms with E-state index in [1.807, 2.05) is 26.8 Å². The van der Waals surface area contributed by atoms with Crippen LogP contribution < -0.4 is 9.64 Å². The molecule has 0 unspecified atom stereocenters. The zero-order valence-electron chi connectivity index (χ0n) is 12.9. The van der Waals surface area contributed by atoms with Crippen molar-refractivity contribution in [2.75, 3.05) is 18.0 Å². The molecule has 1 fully saturated rings. The third-order valence-corrected chi connectivity index (χ3v) is 3.54. The zero-order chi connectivity index (χ0) is 15.4. The fourth-order valence-corrected chi connectivity index (χ4v) is 2.55. The van der Waals surface area contributed by atoms with Crippen molar-refractivity contribution in [3.8, 4) is 5.88 Å². The lowest BCUT2D eigenvalue weighted by molar-refractivity contribution is -0.138. The van der Waals surface area contributed by atoms with Crippen LogP contribution in [0.3, 0.4) is 0 Å². The van der Waals surface area contributed by atoms with E-state index in [0.717, 1.165) is 31.6 Å². The van der Waals surface area contributed by atoms with Crippen LogP contribution in [0.25, 0.3) is 0 Å². The highest BCUT2D eigenvalue weighted by Gasteiger charge is 2.23. The summed E-state index contributed by atoms with van der Waals surface area (Å²) in [6, 6.07) is 1.83. The van der Waals surface area contributed by atoms with Crippen molar-refractivity contribution in [1.82, 2.24) is 9.97 Å². The number of aryl methyl sites for hydroxylation is 1. The standard InChI is InChI=1S/C15H23N3O3/c1-10(2)21-13-8-11(3)16-15(17-13)18-6-4-12(5-7-18)9-14(19)20/h8,10,12H,4-7,9H2,1-3H3,(H,19,20). The fourth-order valence-electron chi connectivity index (χ4n) is 2.55. The maximum Gasteiger partial charge on any atom is 0.303 e. The fraction of sp³-hybridized carbons (Fsp3) is 0.667. The van der Waals surface area contributed by atoms with Crippen LogP contribution >= 0.6 is 0 Å². The molecular formula is C15H23N3O3. The minimum absolute atomic E-state index is 0.0773. The van der Waals surface area contributed by atoms with Gasteiger partial charge in [-0.05, 0) is 39.5 Å². The number of carboxylic acids is 1. The predicted octanol–water partition coefficient (Wildman–Crippen LogP) is 2.26. The van der Waals surface area contributed by atoms with Crippen molar-refractivity contribution < 1.29 is 14.6 Å². The maximum atomic E-state index is 10.8. The van der Waals surface area contributed by atoms with E-state index in [1.54, 1.807) is 0 Å². The first kappa shape index (κ1) is 15.5. The minimum Gasteiger partial charge on any atom is -0.481 e. The molecule has 1 aliphatic rings. The van der Waals surface area contributed by atoms with Gasteiger partial charge >= 0.3 is 5.97 Å². The van der Waals surface area contributed by atoms with E-state index < -0.39 is 5.97 Å². The topological polar surface area (TPSA) is 75.5 Å². The number of piperidine rings is 1. The number of hydrogen-bond acceptors (Lipinski definition) is 5.